The molecule has 0 saturated heterocycles. The first-order chi connectivity index (χ1) is 7.74. The molecule has 1 heterocycles. The minimum Gasteiger partial charge on any atom is -0.396 e. The van der Waals surface area contributed by atoms with E-state index in [9.17, 15) is 0 Å². The minimum absolute atomic E-state index is 0.917. The number of anilines is 1. The van der Waals surface area contributed by atoms with Crippen LogP contribution < -0.4 is 5.73 Å². The van der Waals surface area contributed by atoms with E-state index in [1.165, 1.54) is 31.4 Å². The second-order valence-electron chi connectivity index (χ2n) is 4.30. The number of unbranched alkanes of at least 4 members (excludes halogenated alkanes) is 3. The molecule has 1 aromatic heterocycles. The number of aryl methyl sites for hydroxylation is 2. The first kappa shape index (κ1) is 13.1. The maximum atomic E-state index is 6.07. The molecule has 0 radical (unpaired) electrons. The van der Waals surface area contributed by atoms with Gasteiger partial charge >= 0.3 is 0 Å². The fourth-order valence-electron chi connectivity index (χ4n) is 2.07. The average Bonchev–Trinajstić information content (AvgIpc) is 2.60. The Hall–Kier alpha value is -0.990. The van der Waals surface area contributed by atoms with Crippen LogP contribution in [0.5, 0.6) is 0 Å². The van der Waals surface area contributed by atoms with Gasteiger partial charge in [0.15, 0.2) is 0 Å². The number of rotatable bonds is 7. The third-order valence-electron chi connectivity index (χ3n) is 3.07. The number of nitrogens with two attached hydrogens (primary N) is 1. The van der Waals surface area contributed by atoms with Gasteiger partial charge in [-0.25, -0.2) is 0 Å². The fraction of sp³-hybridized carbons (Fsp3) is 0.769. The summed E-state index contributed by atoms with van der Waals surface area (Å²) in [5, 5.41) is 4.59. The molecule has 0 aliphatic heterocycles. The summed E-state index contributed by atoms with van der Waals surface area (Å²) in [4.78, 5) is 0. The predicted molar refractivity (Wildman–Crippen MR) is 69.5 cm³/mol. The van der Waals surface area contributed by atoms with Crippen molar-refractivity contribution in [3.63, 3.8) is 0 Å². The Morgan fingerprint density at radius 2 is 1.81 bits per heavy atom. The van der Waals surface area contributed by atoms with Gasteiger partial charge in [0.1, 0.15) is 0 Å². The topological polar surface area (TPSA) is 43.8 Å². The van der Waals surface area contributed by atoms with E-state index in [4.69, 9.17) is 5.73 Å². The SMILES string of the molecule is CCCCCCn1nc(CC)c(N)c1CC. The molecule has 0 aliphatic rings. The zero-order valence-electron chi connectivity index (χ0n) is 10.9. The maximum Gasteiger partial charge on any atom is 0.0854 e. The normalized spacial score (nSPS) is 10.9. The monoisotopic (exact) mass is 223 g/mol. The van der Waals surface area contributed by atoms with E-state index in [0.29, 0.717) is 0 Å². The van der Waals surface area contributed by atoms with Gasteiger partial charge in [0.25, 0.3) is 0 Å². The first-order valence-electron chi connectivity index (χ1n) is 6.58. The van der Waals surface area contributed by atoms with Gasteiger partial charge in [-0.2, -0.15) is 5.10 Å². The van der Waals surface area contributed by atoms with Crippen molar-refractivity contribution < 1.29 is 0 Å². The smallest absolute Gasteiger partial charge is 0.0854 e. The van der Waals surface area contributed by atoms with Gasteiger partial charge in [-0.15, -0.1) is 0 Å². The third-order valence-corrected chi connectivity index (χ3v) is 3.07. The van der Waals surface area contributed by atoms with Crippen LogP contribution in [0, 0.1) is 0 Å². The lowest BCUT2D eigenvalue weighted by Gasteiger charge is -2.05. The van der Waals surface area contributed by atoms with Crippen LogP contribution in [0.1, 0.15) is 57.8 Å². The highest BCUT2D eigenvalue weighted by atomic mass is 15.3. The second kappa shape index (κ2) is 6.56. The fourth-order valence-corrected chi connectivity index (χ4v) is 2.07. The molecule has 2 N–H and O–H groups in total. The van der Waals surface area contributed by atoms with Crippen molar-refractivity contribution in [2.24, 2.45) is 0 Å². The lowest BCUT2D eigenvalue weighted by molar-refractivity contribution is 0.522. The third kappa shape index (κ3) is 3.00. The molecule has 0 aromatic carbocycles. The molecular weight excluding hydrogens is 198 g/mol. The molecule has 0 bridgehead atoms. The Morgan fingerprint density at radius 1 is 1.06 bits per heavy atom. The Morgan fingerprint density at radius 3 is 2.38 bits per heavy atom. The molecule has 0 atom stereocenters. The molecule has 1 rings (SSSR count). The van der Waals surface area contributed by atoms with Crippen LogP contribution in [0.3, 0.4) is 0 Å². The van der Waals surface area contributed by atoms with Gasteiger partial charge < -0.3 is 5.73 Å². The molecule has 0 unspecified atom stereocenters. The summed E-state index contributed by atoms with van der Waals surface area (Å²) in [6.07, 6.45) is 7.01. The highest BCUT2D eigenvalue weighted by molar-refractivity contribution is 5.48. The summed E-state index contributed by atoms with van der Waals surface area (Å²) in [5.41, 5.74) is 9.27. The maximum absolute atomic E-state index is 6.07. The van der Waals surface area contributed by atoms with Gasteiger partial charge in [0.2, 0.25) is 0 Å². The molecule has 0 amide bonds. The van der Waals surface area contributed by atoms with Gasteiger partial charge in [0, 0.05) is 6.54 Å². The summed E-state index contributed by atoms with van der Waals surface area (Å²) in [5.74, 6) is 0. The van der Waals surface area contributed by atoms with E-state index in [2.05, 4.69) is 30.6 Å². The highest BCUT2D eigenvalue weighted by Crippen LogP contribution is 2.19. The number of hydrogen-bond acceptors (Lipinski definition) is 2. The van der Waals surface area contributed by atoms with Crippen molar-refractivity contribution in [3.8, 4) is 0 Å². The highest BCUT2D eigenvalue weighted by Gasteiger charge is 2.11. The van der Waals surface area contributed by atoms with Crippen molar-refractivity contribution in [3.05, 3.63) is 11.4 Å². The van der Waals surface area contributed by atoms with Gasteiger partial charge in [-0.05, 0) is 19.3 Å². The van der Waals surface area contributed by atoms with Crippen molar-refractivity contribution in [2.45, 2.75) is 65.8 Å². The quantitative estimate of drug-likeness (QED) is 0.721. The number of aromatic nitrogens is 2. The Labute approximate surface area is 99.0 Å². The average molecular weight is 223 g/mol. The van der Waals surface area contributed by atoms with Gasteiger partial charge in [-0.3, -0.25) is 4.68 Å². The molecule has 0 saturated carbocycles. The van der Waals surface area contributed by atoms with Gasteiger partial charge in [-0.1, -0.05) is 40.0 Å². The molecule has 16 heavy (non-hydrogen) atoms. The van der Waals surface area contributed by atoms with Crippen LogP contribution in [0.15, 0.2) is 0 Å². The summed E-state index contributed by atoms with van der Waals surface area (Å²) in [6.45, 7) is 7.51. The number of hydrogen-bond donors (Lipinski definition) is 1. The Kier molecular flexibility index (Phi) is 5.36. The Bertz CT molecular complexity index is 315. The predicted octanol–water partition coefficient (Wildman–Crippen LogP) is 3.17. The van der Waals surface area contributed by atoms with E-state index < -0.39 is 0 Å². The first-order valence-corrected chi connectivity index (χ1v) is 6.58. The van der Waals surface area contributed by atoms with Crippen molar-refractivity contribution in [1.82, 2.24) is 9.78 Å². The second-order valence-corrected chi connectivity index (χ2v) is 4.30. The molecule has 3 nitrogen and oxygen atoms in total. The van der Waals surface area contributed by atoms with Crippen molar-refractivity contribution in [1.29, 1.82) is 0 Å². The molecule has 3 heteroatoms. The summed E-state index contributed by atoms with van der Waals surface area (Å²) in [7, 11) is 0. The van der Waals surface area contributed by atoms with Crippen LogP contribution in [-0.4, -0.2) is 9.78 Å². The largest absolute Gasteiger partial charge is 0.396 e. The zero-order valence-corrected chi connectivity index (χ0v) is 10.9. The van der Waals surface area contributed by atoms with Crippen molar-refractivity contribution in [2.75, 3.05) is 5.73 Å². The van der Waals surface area contributed by atoms with Crippen LogP contribution in [0.2, 0.25) is 0 Å². The van der Waals surface area contributed by atoms with Crippen LogP contribution >= 0.6 is 0 Å². The number of nitrogens with zero attached hydrogens (tertiary/aromatic N) is 2. The molecule has 1 aromatic rings. The van der Waals surface area contributed by atoms with E-state index >= 15 is 0 Å². The van der Waals surface area contributed by atoms with E-state index in [1.54, 1.807) is 0 Å². The lowest BCUT2D eigenvalue weighted by Crippen LogP contribution is -2.05. The summed E-state index contributed by atoms with van der Waals surface area (Å²) >= 11 is 0. The van der Waals surface area contributed by atoms with E-state index in [1.807, 2.05) is 0 Å². The zero-order chi connectivity index (χ0) is 12.0. The minimum atomic E-state index is 0.917. The van der Waals surface area contributed by atoms with Gasteiger partial charge in [0.05, 0.1) is 17.1 Å². The molecule has 92 valence electrons. The molecule has 0 aliphatic carbocycles. The summed E-state index contributed by atoms with van der Waals surface area (Å²) < 4.78 is 2.11. The molecule has 0 fully saturated rings. The molecule has 0 spiro atoms. The number of nitrogen functional groups attached to an aromatic ring is 1. The standard InChI is InChI=1S/C13H25N3/c1-4-7-8-9-10-16-12(6-3)13(14)11(5-2)15-16/h4-10,14H2,1-3H3. The summed E-state index contributed by atoms with van der Waals surface area (Å²) in [6, 6.07) is 0. The van der Waals surface area contributed by atoms with Crippen LogP contribution in [-0.2, 0) is 19.4 Å². The lowest BCUT2D eigenvalue weighted by atomic mass is 10.2. The molecular formula is C13H25N3. The van der Waals surface area contributed by atoms with Crippen LogP contribution in [0.25, 0.3) is 0 Å². The Balaban J connectivity index is 2.64. The van der Waals surface area contributed by atoms with E-state index in [-0.39, 0.29) is 0 Å². The van der Waals surface area contributed by atoms with E-state index in [0.717, 1.165) is 30.8 Å². The van der Waals surface area contributed by atoms with Crippen molar-refractivity contribution >= 4 is 5.69 Å². The van der Waals surface area contributed by atoms with Crippen LogP contribution in [0.4, 0.5) is 5.69 Å².